The van der Waals surface area contributed by atoms with Gasteiger partial charge in [0.05, 0.1) is 26.4 Å². The number of phosphoric acid groups is 2. The Morgan fingerprint density at radius 2 is 0.515 bits per heavy atom. The van der Waals surface area contributed by atoms with E-state index in [2.05, 4.69) is 154 Å². The van der Waals surface area contributed by atoms with Crippen molar-refractivity contribution in [3.63, 3.8) is 0 Å². The van der Waals surface area contributed by atoms with Crippen LogP contribution in [0, 0.1) is 0 Å². The van der Waals surface area contributed by atoms with Crippen LogP contribution in [-0.4, -0.2) is 95.9 Å². The van der Waals surface area contributed by atoms with E-state index in [0.717, 1.165) is 161 Å². The fraction of sp³-hybridized carbons (Fsp3) is 0.706. The topological polar surface area (TPSA) is 231 Å². The van der Waals surface area contributed by atoms with E-state index in [1.807, 2.05) is 0 Å². The first-order chi connectivity index (χ1) is 50.2. The predicted octanol–water partition coefficient (Wildman–Crippen LogP) is 23.9. The van der Waals surface area contributed by atoms with E-state index < -0.39 is 91.5 Å². The van der Waals surface area contributed by atoms with Crippen LogP contribution in [0.2, 0.25) is 0 Å². The third kappa shape index (κ3) is 78.6. The molecule has 0 rings (SSSR count). The highest BCUT2D eigenvalue weighted by Gasteiger charge is 2.29. The number of unbranched alkanes of at least 4 members (excludes halogenated alkanes) is 31. The zero-order chi connectivity index (χ0) is 75.2. The molecular formula is C85H146O16P2. The molecular weight excluding hydrogens is 1340 g/mol. The van der Waals surface area contributed by atoms with Gasteiger partial charge in [0.2, 0.25) is 0 Å². The van der Waals surface area contributed by atoms with Crippen molar-refractivity contribution < 1.29 is 75.8 Å². The molecule has 0 saturated heterocycles. The lowest BCUT2D eigenvalue weighted by molar-refractivity contribution is -0.161. The Morgan fingerprint density at radius 1 is 0.282 bits per heavy atom. The first kappa shape index (κ1) is 98.7. The molecule has 0 aromatic carbocycles. The molecule has 0 bridgehead atoms. The Labute approximate surface area is 626 Å². The number of aliphatic hydroxyl groups excluding tert-OH is 2. The summed E-state index contributed by atoms with van der Waals surface area (Å²) < 4.78 is 61.2. The van der Waals surface area contributed by atoms with Crippen LogP contribution >= 0.6 is 15.6 Å². The van der Waals surface area contributed by atoms with Gasteiger partial charge in [-0.3, -0.25) is 32.5 Å². The van der Waals surface area contributed by atoms with Gasteiger partial charge in [0.15, 0.2) is 6.10 Å². The summed E-state index contributed by atoms with van der Waals surface area (Å²) >= 11 is 0. The number of carbonyl (C=O) groups excluding carboxylic acids is 3. The van der Waals surface area contributed by atoms with Gasteiger partial charge in [0.25, 0.3) is 0 Å². The predicted molar refractivity (Wildman–Crippen MR) is 426 cm³/mol. The van der Waals surface area contributed by atoms with Crippen LogP contribution in [-0.2, 0) is 55.8 Å². The molecule has 16 nitrogen and oxygen atoms in total. The number of hydrogen-bond donors (Lipinski definition) is 4. The zero-order valence-corrected chi connectivity index (χ0v) is 66.5. The highest BCUT2D eigenvalue weighted by molar-refractivity contribution is 7.47. The highest BCUT2D eigenvalue weighted by atomic mass is 31.2. The van der Waals surface area contributed by atoms with Crippen LogP contribution < -0.4 is 0 Å². The fourth-order valence-corrected chi connectivity index (χ4v) is 12.3. The monoisotopic (exact) mass is 1490 g/mol. The number of phosphoric ester groups is 2. The first-order valence-corrected chi connectivity index (χ1v) is 43.5. The van der Waals surface area contributed by atoms with E-state index >= 15 is 0 Å². The van der Waals surface area contributed by atoms with E-state index in [4.69, 9.17) is 32.3 Å². The third-order valence-corrected chi connectivity index (χ3v) is 18.7. The maximum Gasteiger partial charge on any atom is 0.472 e. The number of aliphatic hydroxyl groups is 2. The van der Waals surface area contributed by atoms with Crippen molar-refractivity contribution in [2.45, 2.75) is 347 Å². The summed E-state index contributed by atoms with van der Waals surface area (Å²) in [7, 11) is -9.80. The molecule has 4 N–H and O–H groups in total. The van der Waals surface area contributed by atoms with Gasteiger partial charge in [0, 0.05) is 19.3 Å². The second-order valence-electron chi connectivity index (χ2n) is 26.8. The summed E-state index contributed by atoms with van der Waals surface area (Å²) in [5, 5.41) is 20.6. The van der Waals surface area contributed by atoms with Gasteiger partial charge in [-0.15, -0.1) is 0 Å². The molecule has 0 spiro atoms. The Balaban J connectivity index is 4.59. The number of hydrogen-bond acceptors (Lipinski definition) is 14. The lowest BCUT2D eigenvalue weighted by atomic mass is 10.1. The molecule has 0 aromatic rings. The molecule has 18 heteroatoms. The molecule has 5 unspecified atom stereocenters. The minimum absolute atomic E-state index is 0.0917. The van der Waals surface area contributed by atoms with Crippen LogP contribution in [0.4, 0.5) is 0 Å². The summed E-state index contributed by atoms with van der Waals surface area (Å²) in [6.07, 6.45) is 93.4. The van der Waals surface area contributed by atoms with Crippen LogP contribution in [0.15, 0.2) is 134 Å². The largest absolute Gasteiger partial charge is 0.472 e. The smallest absolute Gasteiger partial charge is 0.463 e. The summed E-state index contributed by atoms with van der Waals surface area (Å²) in [5.74, 6) is -1.59. The maximum atomic E-state index is 13.0. The molecule has 0 radical (unpaired) electrons. The van der Waals surface area contributed by atoms with E-state index in [1.54, 1.807) is 0 Å². The summed E-state index contributed by atoms with van der Waals surface area (Å²) in [4.78, 5) is 58.7. The maximum absolute atomic E-state index is 13.0. The summed E-state index contributed by atoms with van der Waals surface area (Å²) in [5.41, 5.74) is 0. The summed E-state index contributed by atoms with van der Waals surface area (Å²) in [6.45, 7) is 2.53. The minimum Gasteiger partial charge on any atom is -0.463 e. The quantitative estimate of drug-likeness (QED) is 0.0146. The van der Waals surface area contributed by atoms with Crippen LogP contribution in [0.3, 0.4) is 0 Å². The van der Waals surface area contributed by atoms with E-state index in [0.29, 0.717) is 19.3 Å². The van der Waals surface area contributed by atoms with Gasteiger partial charge < -0.3 is 34.2 Å². The van der Waals surface area contributed by atoms with Gasteiger partial charge in [-0.05, 0) is 141 Å². The van der Waals surface area contributed by atoms with Crippen molar-refractivity contribution in [2.24, 2.45) is 0 Å². The van der Waals surface area contributed by atoms with E-state index in [9.17, 15) is 43.5 Å². The number of carbonyl (C=O) groups is 3. The van der Waals surface area contributed by atoms with Crippen molar-refractivity contribution in [1.29, 1.82) is 0 Å². The van der Waals surface area contributed by atoms with Gasteiger partial charge in [-0.2, -0.15) is 0 Å². The minimum atomic E-state index is -4.94. The lowest BCUT2D eigenvalue weighted by Crippen LogP contribution is -2.30. The Morgan fingerprint density at radius 3 is 0.845 bits per heavy atom. The molecule has 0 aliphatic rings. The molecule has 592 valence electrons. The Bertz CT molecular complexity index is 2410. The molecule has 103 heavy (non-hydrogen) atoms. The highest BCUT2D eigenvalue weighted by Crippen LogP contribution is 2.45. The van der Waals surface area contributed by atoms with Crippen molar-refractivity contribution in [3.8, 4) is 0 Å². The van der Waals surface area contributed by atoms with Crippen molar-refractivity contribution >= 4 is 33.6 Å². The third-order valence-electron chi connectivity index (χ3n) is 16.8. The first-order valence-electron chi connectivity index (χ1n) is 40.5. The standard InChI is InChI=1S/C85H146O16P2/c1-4-7-10-13-16-19-22-25-28-30-32-34-36-38-39-41-43-44-46-48-51-53-56-59-62-65-68-71-83(88)95-74-80(86)75-97-102(91,92)98-76-81(87)77-99-103(93,94)100-79-82(101-85(90)73-70-67-64-61-58-55-50-27-24-21-18-15-12-9-6-3)78-96-84(89)72-69-66-63-60-57-54-52-49-47-45-42-40-37-35-33-31-29-26-23-20-17-14-11-8-5-2/h7,10,16-17,19-20,25-29,32-35,38-40,42-44,50,80-82,86-87H,4-6,8-9,11-15,18,21-24,30-31,36-37,41,45-49,51-79H2,1-3H3,(H,91,92)(H,93,94)/b10-7-,19-16-,20-17-,28-25-,29-26-,34-32-,35-33-,39-38-,42-40-,44-43-,50-27-. The van der Waals surface area contributed by atoms with E-state index in [1.165, 1.54) is 109 Å². The zero-order valence-electron chi connectivity index (χ0n) is 64.7. The van der Waals surface area contributed by atoms with Crippen LogP contribution in [0.1, 0.15) is 329 Å². The van der Waals surface area contributed by atoms with E-state index in [-0.39, 0.29) is 19.3 Å². The molecule has 0 aliphatic heterocycles. The number of allylic oxidation sites excluding steroid dienone is 22. The van der Waals surface area contributed by atoms with Gasteiger partial charge in [0.1, 0.15) is 25.4 Å². The van der Waals surface area contributed by atoms with Gasteiger partial charge >= 0.3 is 33.6 Å². The molecule has 0 amide bonds. The Hall–Kier alpha value is -4.31. The fourth-order valence-electron chi connectivity index (χ4n) is 10.7. The number of rotatable bonds is 76. The molecule has 0 saturated carbocycles. The molecule has 5 atom stereocenters. The molecule has 0 fully saturated rings. The Kier molecular flexibility index (Phi) is 74.1. The van der Waals surface area contributed by atoms with Gasteiger partial charge in [-0.1, -0.05) is 302 Å². The number of esters is 3. The second kappa shape index (κ2) is 77.3. The molecule has 0 aliphatic carbocycles. The van der Waals surface area contributed by atoms with Crippen molar-refractivity contribution in [2.75, 3.05) is 39.6 Å². The average molecular weight is 1490 g/mol. The SMILES string of the molecule is CC/C=C\C/C=C\C/C=C\C/C=C\C/C=C\C/C=C\CCCCCCCCCCC(=O)OCC(O)COP(=O)(O)OCC(O)COP(=O)(O)OCC(COC(=O)CCCCCCCCCCC/C=C\C/C=C\C/C=C\C/C=C\CCCCC)OC(=O)CCCCCCC/C=C\CCCCCCCC. The normalized spacial score (nSPS) is 14.7. The molecule has 0 heterocycles. The summed E-state index contributed by atoms with van der Waals surface area (Å²) in [6, 6.07) is 0. The average Bonchev–Trinajstić information content (AvgIpc) is 0.922. The lowest BCUT2D eigenvalue weighted by Gasteiger charge is -2.21. The van der Waals surface area contributed by atoms with Gasteiger partial charge in [-0.25, -0.2) is 9.13 Å². The van der Waals surface area contributed by atoms with Crippen molar-refractivity contribution in [3.05, 3.63) is 134 Å². The number of ether oxygens (including phenoxy) is 3. The second-order valence-corrected chi connectivity index (χ2v) is 29.7. The van der Waals surface area contributed by atoms with Crippen LogP contribution in [0.5, 0.6) is 0 Å². The van der Waals surface area contributed by atoms with Crippen LogP contribution in [0.25, 0.3) is 0 Å². The molecule has 0 aromatic heterocycles. The van der Waals surface area contributed by atoms with Crippen molar-refractivity contribution in [1.82, 2.24) is 0 Å².